The first-order valence-electron chi connectivity index (χ1n) is 11.0. The van der Waals surface area contributed by atoms with Gasteiger partial charge in [-0.2, -0.15) is 0 Å². The van der Waals surface area contributed by atoms with Gasteiger partial charge in [-0.25, -0.2) is 14.2 Å². The maximum atomic E-state index is 13.2. The quantitative estimate of drug-likeness (QED) is 0.354. The molecule has 2 aromatic carbocycles. The Balaban J connectivity index is 1.73. The first-order valence-corrected chi connectivity index (χ1v) is 11.0. The summed E-state index contributed by atoms with van der Waals surface area (Å²) in [6.07, 6.45) is 2.89. The topological polar surface area (TPSA) is 91.7 Å². The molecule has 0 spiro atoms. The van der Waals surface area contributed by atoms with Crippen molar-refractivity contribution in [3.63, 3.8) is 0 Å². The van der Waals surface area contributed by atoms with E-state index in [1.807, 2.05) is 57.2 Å². The predicted octanol–water partition coefficient (Wildman–Crippen LogP) is 6.03. The lowest BCUT2D eigenvalue weighted by Gasteiger charge is -2.21. The summed E-state index contributed by atoms with van der Waals surface area (Å²) in [7, 11) is 2.85. The van der Waals surface area contributed by atoms with Crippen LogP contribution in [-0.4, -0.2) is 41.4 Å². The molecule has 0 saturated heterocycles. The van der Waals surface area contributed by atoms with E-state index < -0.39 is 17.7 Å². The van der Waals surface area contributed by atoms with Gasteiger partial charge >= 0.3 is 12.1 Å². The standard InChI is InChI=1S/C27H27N3O5/c1-27(2,3)35-26(32)30-22-9-7-6-8-17(22)13-23(30)19-12-20(16-28-15-19)29-21-11-10-18(25(31)34-5)14-24(21)33-4/h6-16,29H,1-5H3. The van der Waals surface area contributed by atoms with Crippen molar-refractivity contribution >= 4 is 34.3 Å². The molecule has 0 unspecified atom stereocenters. The third-order valence-corrected chi connectivity index (χ3v) is 5.22. The first kappa shape index (κ1) is 23.8. The van der Waals surface area contributed by atoms with Crippen LogP contribution in [0, 0.1) is 0 Å². The van der Waals surface area contributed by atoms with Crippen LogP contribution >= 0.6 is 0 Å². The lowest BCUT2D eigenvalue weighted by atomic mass is 10.1. The number of carbonyl (C=O) groups is 2. The van der Waals surface area contributed by atoms with Gasteiger partial charge in [0.15, 0.2) is 0 Å². The minimum atomic E-state index is -0.645. The molecule has 1 N–H and O–H groups in total. The number of ether oxygens (including phenoxy) is 3. The van der Waals surface area contributed by atoms with E-state index >= 15 is 0 Å². The molecule has 0 saturated carbocycles. The third kappa shape index (κ3) is 5.11. The summed E-state index contributed by atoms with van der Waals surface area (Å²) < 4.78 is 17.5. The van der Waals surface area contributed by atoms with Gasteiger partial charge in [0.05, 0.1) is 48.6 Å². The van der Waals surface area contributed by atoms with Crippen molar-refractivity contribution in [2.24, 2.45) is 0 Å². The fourth-order valence-electron chi connectivity index (χ4n) is 3.71. The minimum Gasteiger partial charge on any atom is -0.495 e. The Hall–Kier alpha value is -4.33. The summed E-state index contributed by atoms with van der Waals surface area (Å²) in [6, 6.07) is 16.4. The number of hydrogen-bond donors (Lipinski definition) is 1. The summed E-state index contributed by atoms with van der Waals surface area (Å²) in [5.41, 5.74) is 3.18. The Kier molecular flexibility index (Phi) is 6.46. The van der Waals surface area contributed by atoms with Crippen LogP contribution in [0.5, 0.6) is 5.75 Å². The zero-order valence-corrected chi connectivity index (χ0v) is 20.3. The lowest BCUT2D eigenvalue weighted by Crippen LogP contribution is -2.27. The predicted molar refractivity (Wildman–Crippen MR) is 134 cm³/mol. The van der Waals surface area contributed by atoms with Crippen molar-refractivity contribution in [3.8, 4) is 17.0 Å². The van der Waals surface area contributed by atoms with Gasteiger partial charge in [0.2, 0.25) is 0 Å². The van der Waals surface area contributed by atoms with Gasteiger partial charge in [0, 0.05) is 17.1 Å². The number of pyridine rings is 1. The molecule has 2 aromatic heterocycles. The van der Waals surface area contributed by atoms with E-state index in [4.69, 9.17) is 14.2 Å². The number of anilines is 2. The number of rotatable bonds is 5. The van der Waals surface area contributed by atoms with E-state index in [1.54, 1.807) is 35.2 Å². The SMILES string of the molecule is COC(=O)c1ccc(Nc2cncc(-c3cc4ccccc4n3C(=O)OC(C)(C)C)c2)c(OC)c1. The van der Waals surface area contributed by atoms with E-state index in [0.717, 1.165) is 16.5 Å². The Morgan fingerprint density at radius 1 is 0.971 bits per heavy atom. The highest BCUT2D eigenvalue weighted by Crippen LogP contribution is 2.33. The van der Waals surface area contributed by atoms with Gasteiger partial charge in [0.1, 0.15) is 11.4 Å². The Morgan fingerprint density at radius 3 is 2.46 bits per heavy atom. The Labute approximate surface area is 203 Å². The van der Waals surface area contributed by atoms with Crippen molar-refractivity contribution in [1.82, 2.24) is 9.55 Å². The molecule has 180 valence electrons. The average Bonchev–Trinajstić information content (AvgIpc) is 3.23. The zero-order chi connectivity index (χ0) is 25.2. The van der Waals surface area contributed by atoms with Crippen molar-refractivity contribution in [3.05, 3.63) is 72.6 Å². The molecule has 0 amide bonds. The van der Waals surface area contributed by atoms with Crippen LogP contribution in [0.2, 0.25) is 0 Å². The molecule has 35 heavy (non-hydrogen) atoms. The van der Waals surface area contributed by atoms with Gasteiger partial charge in [-0.05, 0) is 57.2 Å². The maximum absolute atomic E-state index is 13.2. The van der Waals surface area contributed by atoms with Crippen LogP contribution in [0.4, 0.5) is 16.2 Å². The van der Waals surface area contributed by atoms with Crippen molar-refractivity contribution < 1.29 is 23.8 Å². The number of carbonyl (C=O) groups excluding carboxylic acids is 2. The molecule has 0 bridgehead atoms. The smallest absolute Gasteiger partial charge is 0.419 e. The number of fused-ring (bicyclic) bond motifs is 1. The molecule has 8 nitrogen and oxygen atoms in total. The summed E-state index contributed by atoms with van der Waals surface area (Å²) in [6.45, 7) is 5.50. The molecule has 4 aromatic rings. The van der Waals surface area contributed by atoms with Gasteiger partial charge in [-0.15, -0.1) is 0 Å². The maximum Gasteiger partial charge on any atom is 0.419 e. The van der Waals surface area contributed by atoms with Gasteiger partial charge in [-0.1, -0.05) is 18.2 Å². The van der Waals surface area contributed by atoms with Crippen LogP contribution in [0.15, 0.2) is 67.0 Å². The van der Waals surface area contributed by atoms with Crippen LogP contribution in [0.25, 0.3) is 22.2 Å². The number of benzene rings is 2. The van der Waals surface area contributed by atoms with E-state index in [-0.39, 0.29) is 0 Å². The van der Waals surface area contributed by atoms with Crippen LogP contribution in [0.3, 0.4) is 0 Å². The highest BCUT2D eigenvalue weighted by atomic mass is 16.6. The lowest BCUT2D eigenvalue weighted by molar-refractivity contribution is 0.0545. The van der Waals surface area contributed by atoms with E-state index in [2.05, 4.69) is 10.3 Å². The van der Waals surface area contributed by atoms with Crippen LogP contribution in [-0.2, 0) is 9.47 Å². The number of para-hydroxylation sites is 1. The molecule has 0 atom stereocenters. The average molecular weight is 474 g/mol. The minimum absolute atomic E-state index is 0.378. The first-order chi connectivity index (χ1) is 16.7. The molecule has 0 aliphatic heterocycles. The number of methoxy groups -OCH3 is 2. The molecule has 8 heteroatoms. The molecule has 0 aliphatic rings. The zero-order valence-electron chi connectivity index (χ0n) is 20.3. The number of aromatic nitrogens is 2. The fraction of sp³-hybridized carbons (Fsp3) is 0.222. The van der Waals surface area contributed by atoms with Crippen molar-refractivity contribution in [1.29, 1.82) is 0 Å². The molecular weight excluding hydrogens is 446 g/mol. The summed E-state index contributed by atoms with van der Waals surface area (Å²) in [5.74, 6) is 0.0228. The number of nitrogens with one attached hydrogen (secondary N) is 1. The highest BCUT2D eigenvalue weighted by Gasteiger charge is 2.23. The van der Waals surface area contributed by atoms with Gasteiger partial charge < -0.3 is 19.5 Å². The van der Waals surface area contributed by atoms with Crippen LogP contribution in [0.1, 0.15) is 31.1 Å². The summed E-state index contributed by atoms with van der Waals surface area (Å²) in [4.78, 5) is 29.4. The molecule has 0 radical (unpaired) electrons. The second-order valence-corrected chi connectivity index (χ2v) is 8.90. The van der Waals surface area contributed by atoms with E-state index in [1.165, 1.54) is 14.2 Å². The largest absolute Gasteiger partial charge is 0.495 e. The monoisotopic (exact) mass is 473 g/mol. The van der Waals surface area contributed by atoms with E-state index in [9.17, 15) is 9.59 Å². The van der Waals surface area contributed by atoms with E-state index in [0.29, 0.717) is 28.4 Å². The molecular formula is C27H27N3O5. The highest BCUT2D eigenvalue weighted by molar-refractivity contribution is 5.96. The Morgan fingerprint density at radius 2 is 1.74 bits per heavy atom. The Bertz CT molecular complexity index is 1400. The fourth-order valence-corrected chi connectivity index (χ4v) is 3.71. The molecule has 4 rings (SSSR count). The number of nitrogens with zero attached hydrogens (tertiary/aromatic N) is 2. The van der Waals surface area contributed by atoms with Crippen molar-refractivity contribution in [2.45, 2.75) is 26.4 Å². The molecule has 2 heterocycles. The summed E-state index contributed by atoms with van der Waals surface area (Å²) >= 11 is 0. The summed E-state index contributed by atoms with van der Waals surface area (Å²) in [5, 5.41) is 4.18. The normalized spacial score (nSPS) is 11.2. The number of esters is 1. The van der Waals surface area contributed by atoms with Gasteiger partial charge in [0.25, 0.3) is 0 Å². The third-order valence-electron chi connectivity index (χ3n) is 5.22. The second kappa shape index (κ2) is 9.50. The van der Waals surface area contributed by atoms with Crippen LogP contribution < -0.4 is 10.1 Å². The number of hydrogen-bond acceptors (Lipinski definition) is 7. The van der Waals surface area contributed by atoms with Crippen molar-refractivity contribution in [2.75, 3.05) is 19.5 Å². The molecule has 0 fully saturated rings. The second-order valence-electron chi connectivity index (χ2n) is 8.90. The molecule has 0 aliphatic carbocycles. The van der Waals surface area contributed by atoms with Gasteiger partial charge in [-0.3, -0.25) is 4.98 Å².